The van der Waals surface area contributed by atoms with E-state index in [1.807, 2.05) is 0 Å². The largest absolute Gasteiger partial charge is 0.463 e. The van der Waals surface area contributed by atoms with E-state index >= 15 is 4.79 Å². The van der Waals surface area contributed by atoms with E-state index in [1.54, 1.807) is 0 Å². The molecule has 13 heteroatoms. The van der Waals surface area contributed by atoms with E-state index in [2.05, 4.69) is 47.6 Å². The van der Waals surface area contributed by atoms with E-state index in [0.29, 0.717) is 37.5 Å². The fraction of sp³-hybridized carbons (Fsp3) is 0.837. The van der Waals surface area contributed by atoms with Gasteiger partial charge in [0.15, 0.2) is 12.2 Å². The van der Waals surface area contributed by atoms with E-state index in [9.17, 15) is 29.4 Å². The van der Waals surface area contributed by atoms with Crippen molar-refractivity contribution in [3.05, 3.63) is 11.6 Å². The van der Waals surface area contributed by atoms with Gasteiger partial charge in [-0.15, -0.1) is 0 Å². The number of rotatable bonds is 7. The molecule has 5 fully saturated rings. The molecule has 0 aromatic rings. The molecule has 0 spiro atoms. The molecule has 0 aromatic carbocycles. The Labute approximate surface area is 330 Å². The standard InChI is InChI=1S/C43H64O13/c1-22(44)51-21-29-34(52-23(2)45)35(53-24(3)46)36(54-25(4)47)37(55-29)56-38(50)43-18-17-39(5,6)20-28(43)26-11-12-31-41(9,27(26)19-33(43)49)15-13-30-40(7,8)32(48)14-16-42(30,31)10/h11,27-37,48-49H,12-21H2,1-10H3/t27?,28-,29?,30?,31?,32-,33+,34+,35?,36?,37+,41-,42-,43+/m0/s1. The molecule has 56 heavy (non-hydrogen) atoms. The summed E-state index contributed by atoms with van der Waals surface area (Å²) in [7, 11) is 0. The van der Waals surface area contributed by atoms with Gasteiger partial charge < -0.3 is 38.6 Å². The first-order chi connectivity index (χ1) is 26.0. The lowest BCUT2D eigenvalue weighted by Crippen LogP contribution is -2.66. The molecule has 0 aromatic heterocycles. The second-order valence-corrected chi connectivity index (χ2v) is 19.7. The Morgan fingerprint density at radius 2 is 1.30 bits per heavy atom. The summed E-state index contributed by atoms with van der Waals surface area (Å²) >= 11 is 0. The summed E-state index contributed by atoms with van der Waals surface area (Å²) in [6.45, 7) is 17.7. The summed E-state index contributed by atoms with van der Waals surface area (Å²) < 4.78 is 34.4. The minimum atomic E-state index is -1.68. The molecular weight excluding hydrogens is 724 g/mol. The van der Waals surface area contributed by atoms with Gasteiger partial charge in [0, 0.05) is 27.7 Å². The Kier molecular flexibility index (Phi) is 11.4. The highest BCUT2D eigenvalue weighted by Crippen LogP contribution is 2.72. The third-order valence-electron chi connectivity index (χ3n) is 15.5. The van der Waals surface area contributed by atoms with Gasteiger partial charge in [0.1, 0.15) is 18.1 Å². The second kappa shape index (κ2) is 15.0. The number of ether oxygens (including phenoxy) is 6. The van der Waals surface area contributed by atoms with Crippen LogP contribution in [0.3, 0.4) is 0 Å². The first kappa shape index (κ1) is 42.6. The molecule has 6 aliphatic rings. The zero-order valence-electron chi connectivity index (χ0n) is 34.9. The summed E-state index contributed by atoms with van der Waals surface area (Å²) in [6.07, 6.45) is 0.0270. The van der Waals surface area contributed by atoms with Crippen LogP contribution in [0.15, 0.2) is 11.6 Å². The van der Waals surface area contributed by atoms with Crippen molar-refractivity contribution in [3.8, 4) is 0 Å². The lowest BCUT2D eigenvalue weighted by Gasteiger charge is -2.68. The fourth-order valence-electron chi connectivity index (χ4n) is 12.8. The Balaban J connectivity index is 1.37. The van der Waals surface area contributed by atoms with Crippen LogP contribution in [-0.4, -0.2) is 89.6 Å². The molecule has 2 N–H and O–H groups in total. The molecule has 4 saturated carbocycles. The van der Waals surface area contributed by atoms with Crippen molar-refractivity contribution >= 4 is 29.8 Å². The fourth-order valence-corrected chi connectivity index (χ4v) is 12.8. The zero-order chi connectivity index (χ0) is 41.3. The van der Waals surface area contributed by atoms with Gasteiger partial charge in [-0.3, -0.25) is 24.0 Å². The van der Waals surface area contributed by atoms with Crippen molar-refractivity contribution in [2.75, 3.05) is 6.61 Å². The number of esters is 5. The summed E-state index contributed by atoms with van der Waals surface area (Å²) in [6, 6.07) is 0. The normalized spacial score (nSPS) is 43.5. The van der Waals surface area contributed by atoms with Crippen molar-refractivity contribution in [2.24, 2.45) is 50.7 Å². The van der Waals surface area contributed by atoms with Crippen LogP contribution >= 0.6 is 0 Å². The van der Waals surface area contributed by atoms with Gasteiger partial charge in [-0.25, -0.2) is 0 Å². The van der Waals surface area contributed by atoms with E-state index < -0.39 is 78.7 Å². The Hall–Kier alpha value is -3.03. The third kappa shape index (κ3) is 7.20. The minimum Gasteiger partial charge on any atom is -0.463 e. The average Bonchev–Trinajstić information content (AvgIpc) is 3.07. The lowest BCUT2D eigenvalue weighted by molar-refractivity contribution is -0.306. The molecule has 0 radical (unpaired) electrons. The average molecular weight is 789 g/mol. The Morgan fingerprint density at radius 3 is 1.93 bits per heavy atom. The van der Waals surface area contributed by atoms with Gasteiger partial charge in [-0.1, -0.05) is 53.2 Å². The highest BCUT2D eigenvalue weighted by molar-refractivity contribution is 5.80. The van der Waals surface area contributed by atoms with Gasteiger partial charge in [0.25, 0.3) is 0 Å². The number of carbonyl (C=O) groups is 5. The van der Waals surface area contributed by atoms with E-state index in [4.69, 9.17) is 28.4 Å². The molecule has 0 bridgehead atoms. The van der Waals surface area contributed by atoms with Crippen LogP contribution in [0.25, 0.3) is 0 Å². The maximum Gasteiger partial charge on any atom is 0.317 e. The molecule has 5 aliphatic carbocycles. The van der Waals surface area contributed by atoms with E-state index in [-0.39, 0.29) is 39.6 Å². The molecule has 6 unspecified atom stereocenters. The maximum absolute atomic E-state index is 15.1. The molecular formula is C43H64O13. The predicted octanol–water partition coefficient (Wildman–Crippen LogP) is 5.36. The van der Waals surface area contributed by atoms with Crippen molar-refractivity contribution in [1.29, 1.82) is 0 Å². The summed E-state index contributed by atoms with van der Waals surface area (Å²) in [5.41, 5.74) is -0.638. The zero-order valence-corrected chi connectivity index (χ0v) is 34.9. The highest BCUT2D eigenvalue weighted by Gasteiger charge is 2.68. The van der Waals surface area contributed by atoms with Crippen LogP contribution in [0.4, 0.5) is 0 Å². The molecule has 0 amide bonds. The van der Waals surface area contributed by atoms with Gasteiger partial charge in [-0.2, -0.15) is 0 Å². The first-order valence-corrected chi connectivity index (χ1v) is 20.6. The van der Waals surface area contributed by atoms with Crippen LogP contribution in [0.1, 0.15) is 127 Å². The molecule has 13 nitrogen and oxygen atoms in total. The highest BCUT2D eigenvalue weighted by atomic mass is 16.7. The summed E-state index contributed by atoms with van der Waals surface area (Å²) in [5, 5.41) is 23.6. The van der Waals surface area contributed by atoms with Crippen LogP contribution in [0.2, 0.25) is 0 Å². The maximum atomic E-state index is 15.1. The quantitative estimate of drug-likeness (QED) is 0.192. The summed E-state index contributed by atoms with van der Waals surface area (Å²) in [4.78, 5) is 64.2. The van der Waals surface area contributed by atoms with Gasteiger partial charge in [0.05, 0.1) is 12.2 Å². The lowest BCUT2D eigenvalue weighted by atomic mass is 9.36. The van der Waals surface area contributed by atoms with Crippen molar-refractivity contribution in [2.45, 2.75) is 170 Å². The van der Waals surface area contributed by atoms with Crippen LogP contribution < -0.4 is 0 Å². The number of hydrogen-bond acceptors (Lipinski definition) is 13. The van der Waals surface area contributed by atoms with Gasteiger partial charge in [-0.05, 0) is 103 Å². The Bertz CT molecular complexity index is 1620. The molecule has 314 valence electrons. The molecule has 1 aliphatic heterocycles. The molecule has 1 saturated heterocycles. The third-order valence-corrected chi connectivity index (χ3v) is 15.5. The van der Waals surface area contributed by atoms with Crippen LogP contribution in [-0.2, 0) is 52.4 Å². The number of fused-ring (bicyclic) bond motifs is 7. The smallest absolute Gasteiger partial charge is 0.317 e. The SMILES string of the molecule is CC(=O)OCC1O[C@H](OC(=O)[C@]23CCC(C)(C)C[C@H]2C2=CCC4[C@@](C)(CCC5C(C)(C)[C@@H](O)CC[C@@]54C)C2C[C@H]3O)C(OC(C)=O)C(OC(C)=O)[C@@H]1OC(C)=O. The number of hydrogen-bond donors (Lipinski definition) is 2. The summed E-state index contributed by atoms with van der Waals surface area (Å²) in [5.74, 6) is -3.36. The monoisotopic (exact) mass is 788 g/mol. The number of allylic oxidation sites excluding steroid dienone is 2. The molecule has 1 heterocycles. The van der Waals surface area contributed by atoms with Gasteiger partial charge in [0.2, 0.25) is 12.4 Å². The van der Waals surface area contributed by atoms with Crippen molar-refractivity contribution < 1.29 is 62.6 Å². The Morgan fingerprint density at radius 1 is 0.696 bits per heavy atom. The second-order valence-electron chi connectivity index (χ2n) is 19.7. The topological polar surface area (TPSA) is 181 Å². The number of aliphatic hydroxyl groups is 2. The number of aliphatic hydroxyl groups excluding tert-OH is 2. The van der Waals surface area contributed by atoms with Crippen molar-refractivity contribution in [1.82, 2.24) is 0 Å². The minimum absolute atomic E-state index is 0.0111. The van der Waals surface area contributed by atoms with Crippen molar-refractivity contribution in [3.63, 3.8) is 0 Å². The van der Waals surface area contributed by atoms with E-state index in [1.165, 1.54) is 12.5 Å². The van der Waals surface area contributed by atoms with Crippen LogP contribution in [0.5, 0.6) is 0 Å². The number of carbonyl (C=O) groups excluding carboxylic acids is 5. The molecule has 14 atom stereocenters. The molecule has 6 rings (SSSR count). The van der Waals surface area contributed by atoms with Crippen LogP contribution in [0, 0.1) is 50.7 Å². The van der Waals surface area contributed by atoms with E-state index in [0.717, 1.165) is 52.9 Å². The predicted molar refractivity (Wildman–Crippen MR) is 200 cm³/mol. The first-order valence-electron chi connectivity index (χ1n) is 20.6. The van der Waals surface area contributed by atoms with Gasteiger partial charge >= 0.3 is 29.8 Å².